The van der Waals surface area contributed by atoms with E-state index in [1.165, 1.54) is 6.26 Å². The highest BCUT2D eigenvalue weighted by Crippen LogP contribution is 2.17. The van der Waals surface area contributed by atoms with Crippen LogP contribution >= 0.6 is 0 Å². The Hall–Kier alpha value is -1.62. The van der Waals surface area contributed by atoms with Crippen LogP contribution in [-0.2, 0) is 14.3 Å². The Bertz CT molecular complexity index is 369. The Morgan fingerprint density at radius 3 is 2.89 bits per heavy atom. The third-order valence-electron chi connectivity index (χ3n) is 2.40. The number of rotatable bonds is 8. The van der Waals surface area contributed by atoms with E-state index >= 15 is 0 Å². The van der Waals surface area contributed by atoms with Crippen molar-refractivity contribution in [3.8, 4) is 0 Å². The molecule has 5 heteroatoms. The van der Waals surface area contributed by atoms with E-state index in [1.807, 2.05) is 6.92 Å². The van der Waals surface area contributed by atoms with Gasteiger partial charge in [-0.25, -0.2) is 0 Å². The monoisotopic (exact) mass is 254 g/mol. The summed E-state index contributed by atoms with van der Waals surface area (Å²) in [6, 6.07) is 3.21. The Kier molecular flexibility index (Phi) is 6.14. The van der Waals surface area contributed by atoms with Gasteiger partial charge in [-0.3, -0.25) is 9.59 Å². The van der Waals surface area contributed by atoms with Gasteiger partial charge >= 0.3 is 5.97 Å². The minimum atomic E-state index is -1.00. The van der Waals surface area contributed by atoms with Crippen molar-refractivity contribution in [2.45, 2.75) is 38.7 Å². The standard InChI is InChI=1S/C13H18O5/c1-2-3-6-18-13(16)9-10(14)8-11(15)12-5-4-7-17-12/h4-5,7,11,15H,2-3,6,8-9H2,1H3/t11-/m1/s1. The molecule has 0 saturated carbocycles. The summed E-state index contributed by atoms with van der Waals surface area (Å²) in [6.07, 6.45) is 1.68. The van der Waals surface area contributed by atoms with Gasteiger partial charge < -0.3 is 14.3 Å². The van der Waals surface area contributed by atoms with Crippen molar-refractivity contribution in [1.29, 1.82) is 0 Å². The maximum absolute atomic E-state index is 11.5. The number of ether oxygens (including phenoxy) is 1. The molecule has 1 rings (SSSR count). The van der Waals surface area contributed by atoms with E-state index < -0.39 is 12.1 Å². The number of carbonyl (C=O) groups is 2. The van der Waals surface area contributed by atoms with Crippen molar-refractivity contribution < 1.29 is 23.8 Å². The maximum atomic E-state index is 11.5. The normalized spacial score (nSPS) is 12.1. The van der Waals surface area contributed by atoms with Crippen molar-refractivity contribution in [3.63, 3.8) is 0 Å². The number of esters is 1. The van der Waals surface area contributed by atoms with Crippen LogP contribution in [0.1, 0.15) is 44.5 Å². The molecule has 1 N–H and O–H groups in total. The van der Waals surface area contributed by atoms with Gasteiger partial charge in [0.15, 0.2) is 0 Å². The molecule has 1 aromatic heterocycles. The Labute approximate surface area is 106 Å². The Morgan fingerprint density at radius 1 is 1.50 bits per heavy atom. The lowest BCUT2D eigenvalue weighted by Gasteiger charge is -2.07. The fraction of sp³-hybridized carbons (Fsp3) is 0.538. The number of ketones is 1. The number of hydrogen-bond donors (Lipinski definition) is 1. The summed E-state index contributed by atoms with van der Waals surface area (Å²) in [5.41, 5.74) is 0. The first kappa shape index (κ1) is 14.4. The highest BCUT2D eigenvalue weighted by Gasteiger charge is 2.18. The number of carbonyl (C=O) groups excluding carboxylic acids is 2. The lowest BCUT2D eigenvalue weighted by molar-refractivity contribution is -0.146. The molecule has 100 valence electrons. The highest BCUT2D eigenvalue weighted by atomic mass is 16.5. The SMILES string of the molecule is CCCCOC(=O)CC(=O)C[C@@H](O)c1ccco1. The summed E-state index contributed by atoms with van der Waals surface area (Å²) in [5.74, 6) is -0.580. The van der Waals surface area contributed by atoms with Gasteiger partial charge in [-0.2, -0.15) is 0 Å². The minimum absolute atomic E-state index is 0.142. The lowest BCUT2D eigenvalue weighted by Crippen LogP contribution is -2.14. The number of aliphatic hydroxyl groups is 1. The van der Waals surface area contributed by atoms with Gasteiger partial charge in [0, 0.05) is 6.42 Å². The van der Waals surface area contributed by atoms with Crippen LogP contribution in [0, 0.1) is 0 Å². The van der Waals surface area contributed by atoms with Gasteiger partial charge in [-0.15, -0.1) is 0 Å². The van der Waals surface area contributed by atoms with Gasteiger partial charge in [0.2, 0.25) is 0 Å². The molecule has 1 atom stereocenters. The van der Waals surface area contributed by atoms with Crippen LogP contribution in [-0.4, -0.2) is 23.5 Å². The smallest absolute Gasteiger partial charge is 0.313 e. The molecule has 0 bridgehead atoms. The summed E-state index contributed by atoms with van der Waals surface area (Å²) in [5, 5.41) is 9.64. The first-order valence-electron chi connectivity index (χ1n) is 6.02. The fourth-order valence-electron chi connectivity index (χ4n) is 1.41. The van der Waals surface area contributed by atoms with Crippen LogP contribution in [0.5, 0.6) is 0 Å². The van der Waals surface area contributed by atoms with Crippen LogP contribution in [0.2, 0.25) is 0 Å². The summed E-state index contributed by atoms with van der Waals surface area (Å²) in [6.45, 7) is 2.32. The van der Waals surface area contributed by atoms with Crippen LogP contribution in [0.3, 0.4) is 0 Å². The van der Waals surface area contributed by atoms with E-state index in [9.17, 15) is 14.7 Å². The molecule has 0 aliphatic rings. The molecule has 1 aromatic rings. The summed E-state index contributed by atoms with van der Waals surface area (Å²) in [7, 11) is 0. The quantitative estimate of drug-likeness (QED) is 0.436. The summed E-state index contributed by atoms with van der Waals surface area (Å²) in [4.78, 5) is 22.7. The second kappa shape index (κ2) is 7.66. The molecule has 0 aromatic carbocycles. The fourth-order valence-corrected chi connectivity index (χ4v) is 1.41. The molecule has 0 aliphatic heterocycles. The Morgan fingerprint density at radius 2 is 2.28 bits per heavy atom. The highest BCUT2D eigenvalue weighted by molar-refractivity contribution is 5.95. The van der Waals surface area contributed by atoms with Crippen molar-refractivity contribution in [2.75, 3.05) is 6.61 Å². The zero-order chi connectivity index (χ0) is 13.4. The molecule has 0 saturated heterocycles. The van der Waals surface area contributed by atoms with Crippen LogP contribution in [0.25, 0.3) is 0 Å². The van der Waals surface area contributed by atoms with Gasteiger partial charge in [-0.05, 0) is 18.6 Å². The second-order valence-corrected chi connectivity index (χ2v) is 4.02. The molecular weight excluding hydrogens is 236 g/mol. The first-order valence-corrected chi connectivity index (χ1v) is 6.02. The van der Waals surface area contributed by atoms with Crippen LogP contribution in [0.4, 0.5) is 0 Å². The molecule has 1 heterocycles. The molecule has 0 amide bonds. The maximum Gasteiger partial charge on any atom is 0.313 e. The average molecular weight is 254 g/mol. The van der Waals surface area contributed by atoms with Crippen molar-refractivity contribution >= 4 is 11.8 Å². The van der Waals surface area contributed by atoms with Gasteiger partial charge in [0.05, 0.1) is 12.9 Å². The van der Waals surface area contributed by atoms with Crippen LogP contribution < -0.4 is 0 Å². The zero-order valence-electron chi connectivity index (χ0n) is 10.4. The predicted molar refractivity (Wildman–Crippen MR) is 63.8 cm³/mol. The zero-order valence-corrected chi connectivity index (χ0v) is 10.4. The topological polar surface area (TPSA) is 76.7 Å². The third kappa shape index (κ3) is 5.14. The van der Waals surface area contributed by atoms with Crippen molar-refractivity contribution in [2.24, 2.45) is 0 Å². The third-order valence-corrected chi connectivity index (χ3v) is 2.40. The molecular formula is C13H18O5. The summed E-state index contributed by atoms with van der Waals surface area (Å²) >= 11 is 0. The average Bonchev–Trinajstić information content (AvgIpc) is 2.82. The number of Topliss-reactive ketones (excluding diaryl/α,β-unsaturated/α-hetero) is 1. The largest absolute Gasteiger partial charge is 0.467 e. The number of hydrogen-bond acceptors (Lipinski definition) is 5. The molecule has 0 spiro atoms. The number of furan rings is 1. The van der Waals surface area contributed by atoms with Gasteiger partial charge in [0.25, 0.3) is 0 Å². The van der Waals surface area contributed by atoms with E-state index in [0.29, 0.717) is 12.4 Å². The van der Waals surface area contributed by atoms with Crippen LogP contribution in [0.15, 0.2) is 22.8 Å². The van der Waals surface area contributed by atoms with E-state index in [4.69, 9.17) is 9.15 Å². The molecule has 0 fully saturated rings. The Balaban J connectivity index is 2.26. The van der Waals surface area contributed by atoms with Crippen molar-refractivity contribution in [3.05, 3.63) is 24.2 Å². The van der Waals surface area contributed by atoms with E-state index in [2.05, 4.69) is 0 Å². The second-order valence-electron chi connectivity index (χ2n) is 4.02. The first-order chi connectivity index (χ1) is 8.63. The molecule has 0 aliphatic carbocycles. The number of unbranched alkanes of at least 4 members (excludes halogenated alkanes) is 1. The summed E-state index contributed by atoms with van der Waals surface area (Å²) < 4.78 is 9.82. The molecule has 0 radical (unpaired) electrons. The van der Waals surface area contributed by atoms with Gasteiger partial charge in [0.1, 0.15) is 24.1 Å². The molecule has 18 heavy (non-hydrogen) atoms. The van der Waals surface area contributed by atoms with E-state index in [1.54, 1.807) is 12.1 Å². The predicted octanol–water partition coefficient (Wildman–Crippen LogP) is 2.01. The molecule has 5 nitrogen and oxygen atoms in total. The van der Waals surface area contributed by atoms with Crippen molar-refractivity contribution in [1.82, 2.24) is 0 Å². The van der Waals surface area contributed by atoms with Gasteiger partial charge in [-0.1, -0.05) is 13.3 Å². The van der Waals surface area contributed by atoms with E-state index in [0.717, 1.165) is 12.8 Å². The number of aliphatic hydroxyl groups excluding tert-OH is 1. The molecule has 0 unspecified atom stereocenters. The van der Waals surface area contributed by atoms with E-state index in [-0.39, 0.29) is 18.6 Å². The lowest BCUT2D eigenvalue weighted by atomic mass is 10.1. The minimum Gasteiger partial charge on any atom is -0.467 e.